The molecule has 1 rings (SSSR count). The molecular formula is C15H17Br2Cl2NO3. The molecular weight excluding hydrogens is 473 g/mol. The Morgan fingerprint density at radius 3 is 2.61 bits per heavy atom. The lowest BCUT2D eigenvalue weighted by Crippen LogP contribution is -2.03. The number of benzene rings is 1. The van der Waals surface area contributed by atoms with E-state index in [-0.39, 0.29) is 0 Å². The predicted molar refractivity (Wildman–Crippen MR) is 102 cm³/mol. The van der Waals surface area contributed by atoms with E-state index in [1.807, 2.05) is 13.8 Å². The van der Waals surface area contributed by atoms with Gasteiger partial charge in [0.2, 0.25) is 0 Å². The van der Waals surface area contributed by atoms with E-state index in [9.17, 15) is 0 Å². The van der Waals surface area contributed by atoms with Crippen molar-refractivity contribution in [1.82, 2.24) is 0 Å². The Labute approximate surface area is 163 Å². The molecule has 0 aromatic heterocycles. The largest absolute Gasteiger partial charge is 0.491 e. The molecule has 0 atom stereocenters. The van der Waals surface area contributed by atoms with Crippen molar-refractivity contribution in [3.05, 3.63) is 31.6 Å². The van der Waals surface area contributed by atoms with Gasteiger partial charge in [0, 0.05) is 12.5 Å². The van der Waals surface area contributed by atoms with Crippen molar-refractivity contribution in [3.63, 3.8) is 0 Å². The van der Waals surface area contributed by atoms with Gasteiger partial charge in [-0.1, -0.05) is 28.4 Å². The standard InChI is InChI=1S/C15H17Br2Cl2NO3/c1-10(2)20-23-6-3-5-22-15-12(16)8-11(9-13(15)18)21-7-4-14(17)19/h4,8-9H,3,5-7H2,1-2H3/b14-4-. The zero-order valence-electron chi connectivity index (χ0n) is 12.7. The first kappa shape index (κ1) is 20.6. The van der Waals surface area contributed by atoms with Gasteiger partial charge >= 0.3 is 0 Å². The van der Waals surface area contributed by atoms with Gasteiger partial charge in [0.05, 0.1) is 25.8 Å². The van der Waals surface area contributed by atoms with Crippen molar-refractivity contribution in [3.8, 4) is 11.5 Å². The minimum Gasteiger partial charge on any atom is -0.491 e. The van der Waals surface area contributed by atoms with Gasteiger partial charge in [0.25, 0.3) is 0 Å². The molecule has 0 heterocycles. The highest BCUT2D eigenvalue weighted by Crippen LogP contribution is 2.37. The first-order chi connectivity index (χ1) is 10.9. The van der Waals surface area contributed by atoms with Crippen molar-refractivity contribution in [2.24, 2.45) is 5.16 Å². The van der Waals surface area contributed by atoms with Gasteiger partial charge in [-0.25, -0.2) is 0 Å². The van der Waals surface area contributed by atoms with E-state index < -0.39 is 0 Å². The minimum atomic E-state index is 0.335. The molecule has 0 saturated heterocycles. The molecule has 4 nitrogen and oxygen atoms in total. The van der Waals surface area contributed by atoms with Gasteiger partial charge in [0.1, 0.15) is 19.0 Å². The number of hydrogen-bond acceptors (Lipinski definition) is 4. The Hall–Kier alpha value is -0.430. The van der Waals surface area contributed by atoms with Crippen LogP contribution in [0.15, 0.2) is 31.8 Å². The summed E-state index contributed by atoms with van der Waals surface area (Å²) in [5.74, 6) is 1.19. The summed E-state index contributed by atoms with van der Waals surface area (Å²) in [6.45, 7) is 5.04. The third kappa shape index (κ3) is 8.84. The smallest absolute Gasteiger partial charge is 0.152 e. The summed E-state index contributed by atoms with van der Waals surface area (Å²) in [6.07, 6.45) is 2.39. The quantitative estimate of drug-likeness (QED) is 0.238. The fraction of sp³-hybridized carbons (Fsp3) is 0.400. The Morgan fingerprint density at radius 2 is 2.00 bits per heavy atom. The average molecular weight is 490 g/mol. The number of nitrogens with zero attached hydrogens (tertiary/aromatic N) is 1. The van der Waals surface area contributed by atoms with Crippen LogP contribution in [0.1, 0.15) is 20.3 Å². The van der Waals surface area contributed by atoms with Crippen LogP contribution in [0.2, 0.25) is 5.02 Å². The second-order valence-electron chi connectivity index (χ2n) is 4.59. The second kappa shape index (κ2) is 11.2. The molecule has 1 aromatic rings. The van der Waals surface area contributed by atoms with Crippen LogP contribution < -0.4 is 9.47 Å². The lowest BCUT2D eigenvalue weighted by molar-refractivity contribution is 0.127. The normalized spacial score (nSPS) is 11.1. The van der Waals surface area contributed by atoms with Gasteiger partial charge < -0.3 is 14.3 Å². The fourth-order valence-electron chi connectivity index (χ4n) is 1.43. The van der Waals surface area contributed by atoms with E-state index in [1.54, 1.807) is 18.2 Å². The van der Waals surface area contributed by atoms with E-state index in [0.717, 1.165) is 10.2 Å². The van der Waals surface area contributed by atoms with Crippen LogP contribution in [0.4, 0.5) is 0 Å². The lowest BCUT2D eigenvalue weighted by Gasteiger charge is -2.12. The minimum absolute atomic E-state index is 0.335. The van der Waals surface area contributed by atoms with Crippen LogP contribution in [0.5, 0.6) is 11.5 Å². The highest BCUT2D eigenvalue weighted by Gasteiger charge is 2.10. The number of halogens is 4. The summed E-state index contributed by atoms with van der Waals surface area (Å²) in [7, 11) is 0. The first-order valence-electron chi connectivity index (χ1n) is 6.79. The summed E-state index contributed by atoms with van der Waals surface area (Å²) < 4.78 is 12.4. The number of ether oxygens (including phenoxy) is 2. The number of oxime groups is 1. The molecule has 0 spiro atoms. The summed E-state index contributed by atoms with van der Waals surface area (Å²) in [4.78, 5) is 5.10. The van der Waals surface area contributed by atoms with Gasteiger partial charge in [-0.05, 0) is 57.8 Å². The van der Waals surface area contributed by atoms with Crippen molar-refractivity contribution in [2.75, 3.05) is 19.8 Å². The molecule has 0 saturated carbocycles. The Balaban J connectivity index is 2.50. The second-order valence-corrected chi connectivity index (χ2v) is 7.57. The molecule has 0 unspecified atom stereocenters. The Morgan fingerprint density at radius 1 is 1.26 bits per heavy atom. The van der Waals surface area contributed by atoms with Gasteiger partial charge in [0.15, 0.2) is 5.75 Å². The molecule has 0 aliphatic rings. The predicted octanol–water partition coefficient (Wildman–Crippen LogP) is 6.14. The Kier molecular flexibility index (Phi) is 10.0. The number of rotatable bonds is 9. The van der Waals surface area contributed by atoms with E-state index >= 15 is 0 Å². The summed E-state index contributed by atoms with van der Waals surface area (Å²) in [5.41, 5.74) is 0.878. The van der Waals surface area contributed by atoms with Crippen LogP contribution in [0.25, 0.3) is 0 Å². The summed E-state index contributed by atoms with van der Waals surface area (Å²) in [6, 6.07) is 3.48. The highest BCUT2D eigenvalue weighted by molar-refractivity contribution is 9.12. The molecule has 0 bridgehead atoms. The monoisotopic (exact) mass is 487 g/mol. The molecule has 0 N–H and O–H groups in total. The molecule has 1 aromatic carbocycles. The maximum absolute atomic E-state index is 6.22. The molecule has 128 valence electrons. The topological polar surface area (TPSA) is 40.0 Å². The number of hydrogen-bond donors (Lipinski definition) is 0. The van der Waals surface area contributed by atoms with Crippen LogP contribution in [0, 0.1) is 0 Å². The summed E-state index contributed by atoms with van der Waals surface area (Å²) >= 11 is 18.4. The maximum Gasteiger partial charge on any atom is 0.152 e. The van der Waals surface area contributed by atoms with Crippen LogP contribution in [-0.4, -0.2) is 25.5 Å². The molecule has 0 aliphatic heterocycles. The molecule has 0 fully saturated rings. The molecule has 8 heteroatoms. The average Bonchev–Trinajstić information content (AvgIpc) is 2.44. The van der Waals surface area contributed by atoms with Crippen LogP contribution in [-0.2, 0) is 4.84 Å². The van der Waals surface area contributed by atoms with E-state index in [0.29, 0.717) is 46.7 Å². The van der Waals surface area contributed by atoms with Crippen molar-refractivity contribution >= 4 is 60.8 Å². The van der Waals surface area contributed by atoms with Crippen LogP contribution in [0.3, 0.4) is 0 Å². The fourth-order valence-corrected chi connectivity index (χ4v) is 2.56. The van der Waals surface area contributed by atoms with Crippen molar-refractivity contribution in [1.29, 1.82) is 0 Å². The van der Waals surface area contributed by atoms with Gasteiger partial charge in [-0.2, -0.15) is 0 Å². The summed E-state index contributed by atoms with van der Waals surface area (Å²) in [5, 5.41) is 4.31. The zero-order chi connectivity index (χ0) is 17.2. The van der Waals surface area contributed by atoms with Gasteiger partial charge in [-0.3, -0.25) is 0 Å². The SMILES string of the molecule is CC(C)=NOCCCOc1c(Cl)cc(OC/C=C(\Cl)Br)cc1Br. The first-order valence-corrected chi connectivity index (χ1v) is 9.13. The molecule has 23 heavy (non-hydrogen) atoms. The molecule has 0 aliphatic carbocycles. The molecule has 0 radical (unpaired) electrons. The molecule has 0 amide bonds. The third-order valence-electron chi connectivity index (χ3n) is 2.33. The van der Waals surface area contributed by atoms with Crippen molar-refractivity contribution in [2.45, 2.75) is 20.3 Å². The van der Waals surface area contributed by atoms with E-state index in [1.165, 1.54) is 0 Å². The van der Waals surface area contributed by atoms with Crippen molar-refractivity contribution < 1.29 is 14.3 Å². The Bertz CT molecular complexity index is 549. The van der Waals surface area contributed by atoms with Gasteiger partial charge in [-0.15, -0.1) is 0 Å². The van der Waals surface area contributed by atoms with E-state index in [2.05, 4.69) is 37.0 Å². The van der Waals surface area contributed by atoms with Crippen LogP contribution >= 0.6 is 55.1 Å². The third-order valence-corrected chi connectivity index (χ3v) is 3.68. The zero-order valence-corrected chi connectivity index (χ0v) is 17.4. The highest BCUT2D eigenvalue weighted by atomic mass is 79.9. The lowest BCUT2D eigenvalue weighted by atomic mass is 10.3. The maximum atomic E-state index is 6.22. The van der Waals surface area contributed by atoms with E-state index in [4.69, 9.17) is 37.5 Å².